The van der Waals surface area contributed by atoms with E-state index in [1.54, 1.807) is 19.1 Å². The highest BCUT2D eigenvalue weighted by Crippen LogP contribution is 2.64. The highest BCUT2D eigenvalue weighted by Gasteiger charge is 2.65. The molecule has 2 aromatic rings. The number of fused-ring (bicyclic) bond motifs is 4. The number of ether oxygens (including phenoxy) is 1. The number of carbonyl (C=O) groups excluding carboxylic acids is 1. The number of carbonyl (C=O) groups is 1. The largest absolute Gasteiger partial charge is 0.490 e. The fourth-order valence-corrected chi connectivity index (χ4v) is 10.6. The van der Waals surface area contributed by atoms with E-state index in [9.17, 15) is 22.9 Å². The minimum Gasteiger partial charge on any atom is -0.490 e. The molecule has 13 heteroatoms. The predicted molar refractivity (Wildman–Crippen MR) is 185 cm³/mol. The van der Waals surface area contributed by atoms with Crippen LogP contribution in [0.3, 0.4) is 0 Å². The monoisotopic (exact) mass is 724 g/mol. The maximum Gasteiger partial charge on any atom is 0.329 e. The van der Waals surface area contributed by atoms with Crippen molar-refractivity contribution in [3.05, 3.63) is 70.3 Å². The second-order valence-corrected chi connectivity index (χ2v) is 20.5. The molecule has 8 nitrogen and oxygen atoms in total. The molecule has 262 valence electrons. The zero-order valence-corrected chi connectivity index (χ0v) is 30.2. The van der Waals surface area contributed by atoms with Gasteiger partial charge in [-0.25, -0.2) is 13.1 Å². The highest BCUT2D eigenvalue weighted by atomic mass is 35.5. The zero-order chi connectivity index (χ0) is 34.9. The predicted octanol–water partition coefficient (Wildman–Crippen LogP) is 6.83. The van der Waals surface area contributed by atoms with Gasteiger partial charge in [0, 0.05) is 35.0 Å². The molecule has 1 saturated carbocycles. The first kappa shape index (κ1) is 35.4. The molecular formula is C35H44ClF2N2O6PS. The maximum atomic E-state index is 16.2. The van der Waals surface area contributed by atoms with Gasteiger partial charge in [0.25, 0.3) is 5.91 Å². The van der Waals surface area contributed by atoms with Crippen molar-refractivity contribution in [1.29, 1.82) is 0 Å². The summed E-state index contributed by atoms with van der Waals surface area (Å²) < 4.78 is 80.9. The molecule has 2 aliphatic heterocycles. The van der Waals surface area contributed by atoms with E-state index in [2.05, 4.69) is 4.72 Å². The molecule has 6 atom stereocenters. The van der Waals surface area contributed by atoms with Crippen molar-refractivity contribution >= 4 is 40.4 Å². The van der Waals surface area contributed by atoms with Crippen LogP contribution < -0.4 is 14.4 Å². The van der Waals surface area contributed by atoms with Crippen molar-refractivity contribution in [2.75, 3.05) is 37.9 Å². The quantitative estimate of drug-likeness (QED) is 0.258. The zero-order valence-electron chi connectivity index (χ0n) is 27.7. The van der Waals surface area contributed by atoms with Crippen LogP contribution in [0.25, 0.3) is 0 Å². The summed E-state index contributed by atoms with van der Waals surface area (Å²) in [5.41, 5.74) is -4.27. The maximum absolute atomic E-state index is 16.2. The Morgan fingerprint density at radius 3 is 2.58 bits per heavy atom. The van der Waals surface area contributed by atoms with Gasteiger partial charge in [-0.1, -0.05) is 36.7 Å². The van der Waals surface area contributed by atoms with Gasteiger partial charge >= 0.3 is 5.66 Å². The molecule has 0 radical (unpaired) electrons. The number of alkyl halides is 2. The lowest BCUT2D eigenvalue weighted by atomic mass is 9.64. The summed E-state index contributed by atoms with van der Waals surface area (Å²) in [4.78, 5) is 15.5. The van der Waals surface area contributed by atoms with E-state index < -0.39 is 62.8 Å². The Labute approximate surface area is 286 Å². The number of rotatable bonds is 2. The summed E-state index contributed by atoms with van der Waals surface area (Å²) in [7, 11) is -8.33. The molecule has 1 fully saturated rings. The number of aryl methyl sites for hydroxylation is 1. The van der Waals surface area contributed by atoms with E-state index in [0.717, 1.165) is 49.8 Å². The first-order valence-corrected chi connectivity index (χ1v) is 21.1. The number of halogens is 3. The molecule has 2 aromatic carbocycles. The van der Waals surface area contributed by atoms with Crippen LogP contribution in [0.2, 0.25) is 5.02 Å². The Kier molecular flexibility index (Phi) is 9.13. The van der Waals surface area contributed by atoms with Crippen LogP contribution in [0.5, 0.6) is 5.75 Å². The first-order chi connectivity index (χ1) is 22.4. The van der Waals surface area contributed by atoms with Gasteiger partial charge in [0.15, 0.2) is 12.7 Å². The highest BCUT2D eigenvalue weighted by molar-refractivity contribution is 7.90. The van der Waals surface area contributed by atoms with Gasteiger partial charge in [0.2, 0.25) is 10.0 Å². The number of allylic oxidation sites excluding steroid dienone is 1. The molecule has 2 bridgehead atoms. The Morgan fingerprint density at radius 1 is 1.15 bits per heavy atom. The van der Waals surface area contributed by atoms with E-state index in [0.29, 0.717) is 42.5 Å². The molecule has 0 saturated heterocycles. The van der Waals surface area contributed by atoms with Gasteiger partial charge in [-0.05, 0) is 112 Å². The minimum atomic E-state index is -4.17. The Balaban J connectivity index is 1.49. The fraction of sp³-hybridized carbons (Fsp3) is 0.571. The summed E-state index contributed by atoms with van der Waals surface area (Å²) in [5, 5.41) is 11.6. The van der Waals surface area contributed by atoms with Crippen LogP contribution in [-0.4, -0.2) is 69.0 Å². The number of aliphatic hydroxyl groups is 1. The number of hydrogen-bond donors (Lipinski definition) is 2. The average molecular weight is 725 g/mol. The van der Waals surface area contributed by atoms with Crippen LogP contribution in [0, 0.1) is 17.8 Å². The van der Waals surface area contributed by atoms with E-state index >= 15 is 8.78 Å². The number of nitrogens with one attached hydrogen (secondary N) is 1. The lowest BCUT2D eigenvalue weighted by Gasteiger charge is -2.51. The average Bonchev–Trinajstić information content (AvgIpc) is 3.14. The third kappa shape index (κ3) is 6.01. The number of amides is 1. The normalized spacial score (nSPS) is 32.9. The Hall–Kier alpha value is -2.46. The van der Waals surface area contributed by atoms with Gasteiger partial charge in [-0.2, -0.15) is 8.78 Å². The van der Waals surface area contributed by atoms with Gasteiger partial charge in [-0.15, -0.1) is 0 Å². The van der Waals surface area contributed by atoms with Crippen LogP contribution in [-0.2, 0) is 26.4 Å². The van der Waals surface area contributed by atoms with Crippen LogP contribution >= 0.6 is 18.7 Å². The molecule has 1 amide bonds. The molecule has 1 spiro atoms. The summed E-state index contributed by atoms with van der Waals surface area (Å²) in [6.07, 6.45) is 5.87. The minimum absolute atomic E-state index is 0.0397. The van der Waals surface area contributed by atoms with Gasteiger partial charge < -0.3 is 19.3 Å². The molecule has 4 aliphatic rings. The molecule has 48 heavy (non-hydrogen) atoms. The van der Waals surface area contributed by atoms with Gasteiger partial charge in [0.05, 0.1) is 17.5 Å². The van der Waals surface area contributed by atoms with Crippen molar-refractivity contribution < 1.29 is 36.4 Å². The lowest BCUT2D eigenvalue weighted by Crippen LogP contribution is -2.59. The van der Waals surface area contributed by atoms with Crippen LogP contribution in [0.4, 0.5) is 14.5 Å². The lowest BCUT2D eigenvalue weighted by molar-refractivity contribution is -0.161. The summed E-state index contributed by atoms with van der Waals surface area (Å²) in [6, 6.07) is 10.6. The van der Waals surface area contributed by atoms with Crippen molar-refractivity contribution in [2.45, 2.75) is 74.3 Å². The second kappa shape index (κ2) is 12.4. The standard InChI is InChI=1S/C35H44ClF2N2O6PS/c1-22-7-5-16-34(42,35(37,38)47(3,4)43)29-12-9-26(29)19-40-20-33(15-6-8-24-17-27(36)11-13-28(24)33)21-46-31-14-10-25(18-30(31)40)32(41)39-48(44,45)23(22)2/h5,10-11,13-14,16-18,22-23,26,29,42H,6-9,12,15,19-21H2,1-4H3,(H,39,41)/b16-5+/t22-,23+,26-,29+,33-,34+/m0/s1. The van der Waals surface area contributed by atoms with Crippen molar-refractivity contribution in [3.63, 3.8) is 0 Å². The summed E-state index contributed by atoms with van der Waals surface area (Å²) >= 11 is 6.38. The van der Waals surface area contributed by atoms with Crippen molar-refractivity contribution in [1.82, 2.24) is 4.72 Å². The Morgan fingerprint density at radius 2 is 1.90 bits per heavy atom. The molecule has 2 N–H and O–H groups in total. The molecular weight excluding hydrogens is 681 g/mol. The SMILES string of the molecule is C[C@@H]1[C@@H](C)C/C=C/[C@](O)(C(F)(F)P(C)(C)=O)[C@@H]2CC[C@H]2CN2C[C@@]3(CCCc4cc(Cl)ccc43)COc3ccc(cc32)C(=O)NS1(=O)=O. The van der Waals surface area contributed by atoms with Gasteiger partial charge in [0.1, 0.15) is 5.75 Å². The molecule has 2 aliphatic carbocycles. The van der Waals surface area contributed by atoms with Crippen molar-refractivity contribution in [3.8, 4) is 5.75 Å². The number of nitrogens with zero attached hydrogens (tertiary/aromatic N) is 1. The number of sulfonamides is 1. The van der Waals surface area contributed by atoms with Crippen LogP contribution in [0.15, 0.2) is 48.6 Å². The van der Waals surface area contributed by atoms with Crippen LogP contribution in [0.1, 0.15) is 67.4 Å². The smallest absolute Gasteiger partial charge is 0.329 e. The number of anilines is 1. The van der Waals surface area contributed by atoms with E-state index in [4.69, 9.17) is 16.3 Å². The molecule has 2 heterocycles. The number of benzene rings is 2. The third-order valence-corrected chi connectivity index (χ3v) is 15.2. The number of hydrogen-bond acceptors (Lipinski definition) is 7. The van der Waals surface area contributed by atoms with Gasteiger partial charge in [-0.3, -0.25) is 4.79 Å². The molecule has 6 rings (SSSR count). The molecule has 0 unspecified atom stereocenters. The molecule has 0 aromatic heterocycles. The second-order valence-electron chi connectivity index (χ2n) is 14.7. The third-order valence-electron chi connectivity index (χ3n) is 11.3. The Bertz CT molecular complexity index is 1800. The summed E-state index contributed by atoms with van der Waals surface area (Å²) in [5.74, 6) is -2.21. The van der Waals surface area contributed by atoms with E-state index in [1.165, 1.54) is 19.1 Å². The summed E-state index contributed by atoms with van der Waals surface area (Å²) in [6.45, 7) is 6.09. The topological polar surface area (TPSA) is 113 Å². The van der Waals surface area contributed by atoms with Crippen molar-refractivity contribution in [2.24, 2.45) is 17.8 Å². The first-order valence-electron chi connectivity index (χ1n) is 16.6. The van der Waals surface area contributed by atoms with E-state index in [-0.39, 0.29) is 18.5 Å². The van der Waals surface area contributed by atoms with E-state index in [1.807, 2.05) is 23.1 Å². The fourth-order valence-electron chi connectivity index (χ4n) is 8.02.